The Balaban J connectivity index is 2.12. The molecule has 1 heterocycles. The van der Waals surface area contributed by atoms with Gasteiger partial charge in [0.05, 0.1) is 19.3 Å². The van der Waals surface area contributed by atoms with Gasteiger partial charge in [-0.3, -0.25) is 4.79 Å². The minimum absolute atomic E-state index is 0.190. The molecule has 3 N–H and O–H groups in total. The molecule has 8 nitrogen and oxygen atoms in total. The molecule has 1 aromatic carbocycles. The van der Waals surface area contributed by atoms with Crippen LogP contribution in [-0.2, 0) is 4.74 Å². The molecule has 2 rings (SSSR count). The number of aliphatic hydroxyl groups is 1. The molecule has 1 amide bonds. The number of ether oxygens (including phenoxy) is 1. The molecule has 0 saturated carbocycles. The Bertz CT molecular complexity index is 558. The van der Waals surface area contributed by atoms with Crippen molar-refractivity contribution < 1.29 is 14.6 Å². The second kappa shape index (κ2) is 6.73. The summed E-state index contributed by atoms with van der Waals surface area (Å²) in [6.45, 7) is 0.0525. The zero-order valence-electron chi connectivity index (χ0n) is 10.9. The van der Waals surface area contributed by atoms with Crippen LogP contribution in [0.2, 0.25) is 0 Å². The summed E-state index contributed by atoms with van der Waals surface area (Å²) in [5.74, 6) is 0.113. The molecule has 0 saturated heterocycles. The largest absolute Gasteiger partial charge is 0.394 e. The highest BCUT2D eigenvalue weighted by Crippen LogP contribution is 2.14. The first-order chi connectivity index (χ1) is 9.74. The second-order valence-corrected chi connectivity index (χ2v) is 4.12. The number of carbonyl (C=O) groups excluding carboxylic acids is 1. The molecule has 0 bridgehead atoms. The predicted octanol–water partition coefficient (Wildman–Crippen LogP) is -0.396. The highest BCUT2D eigenvalue weighted by Gasteiger charge is 2.14. The van der Waals surface area contributed by atoms with Crippen molar-refractivity contribution in [3.63, 3.8) is 0 Å². The number of nitrogens with one attached hydrogen (secondary N) is 2. The fraction of sp³-hybridized carbons (Fsp3) is 0.333. The number of hydrogen-bond donors (Lipinski definition) is 3. The fourth-order valence-electron chi connectivity index (χ4n) is 1.69. The molecule has 0 aliphatic heterocycles. The van der Waals surface area contributed by atoms with Crippen molar-refractivity contribution in [2.75, 3.05) is 20.3 Å². The zero-order chi connectivity index (χ0) is 14.4. The Morgan fingerprint density at radius 2 is 2.40 bits per heavy atom. The van der Waals surface area contributed by atoms with Crippen LogP contribution in [0.3, 0.4) is 0 Å². The van der Waals surface area contributed by atoms with Crippen molar-refractivity contribution in [2.24, 2.45) is 0 Å². The van der Waals surface area contributed by atoms with Gasteiger partial charge in [-0.2, -0.15) is 5.21 Å². The number of rotatable bonds is 6. The van der Waals surface area contributed by atoms with Crippen LogP contribution in [0.1, 0.15) is 10.4 Å². The molecule has 0 spiro atoms. The summed E-state index contributed by atoms with van der Waals surface area (Å²) in [6.07, 6.45) is 0. The molecule has 2 aromatic rings. The van der Waals surface area contributed by atoms with Crippen LogP contribution in [0.5, 0.6) is 0 Å². The lowest BCUT2D eigenvalue weighted by atomic mass is 10.1. The average molecular weight is 277 g/mol. The van der Waals surface area contributed by atoms with Gasteiger partial charge >= 0.3 is 0 Å². The Morgan fingerprint density at radius 1 is 1.55 bits per heavy atom. The number of nitrogens with zero attached hydrogens (tertiary/aromatic N) is 3. The molecule has 0 radical (unpaired) electrons. The molecule has 1 atom stereocenters. The fourth-order valence-corrected chi connectivity index (χ4v) is 1.69. The van der Waals surface area contributed by atoms with Crippen LogP contribution < -0.4 is 5.32 Å². The normalized spacial score (nSPS) is 12.1. The van der Waals surface area contributed by atoms with Gasteiger partial charge in [-0.05, 0) is 17.3 Å². The summed E-state index contributed by atoms with van der Waals surface area (Å²) in [6, 6.07) is 6.38. The van der Waals surface area contributed by atoms with E-state index in [-0.39, 0.29) is 19.1 Å². The van der Waals surface area contributed by atoms with Crippen molar-refractivity contribution in [3.8, 4) is 11.4 Å². The van der Waals surface area contributed by atoms with Crippen LogP contribution in [-0.4, -0.2) is 58.0 Å². The number of methoxy groups -OCH3 is 1. The van der Waals surface area contributed by atoms with Crippen molar-refractivity contribution in [1.29, 1.82) is 0 Å². The standard InChI is InChI=1S/C12H15N5O3/c1-20-7-10(6-18)13-12(19)9-4-2-3-8(5-9)11-14-16-17-15-11/h2-5,10,18H,6-7H2,1H3,(H,13,19)(H,14,15,16,17). The average Bonchev–Trinajstić information content (AvgIpc) is 3.01. The highest BCUT2D eigenvalue weighted by molar-refractivity contribution is 5.95. The summed E-state index contributed by atoms with van der Waals surface area (Å²) < 4.78 is 4.91. The van der Waals surface area contributed by atoms with E-state index in [0.717, 1.165) is 0 Å². The lowest BCUT2D eigenvalue weighted by molar-refractivity contribution is 0.0839. The second-order valence-electron chi connectivity index (χ2n) is 4.12. The topological polar surface area (TPSA) is 113 Å². The number of benzene rings is 1. The summed E-state index contributed by atoms with van der Waals surface area (Å²) in [5.41, 5.74) is 1.13. The molecule has 1 aromatic heterocycles. The van der Waals surface area contributed by atoms with Crippen molar-refractivity contribution in [2.45, 2.75) is 6.04 Å². The third-order valence-electron chi connectivity index (χ3n) is 2.65. The molecule has 8 heteroatoms. The minimum atomic E-state index is -0.443. The van der Waals surface area contributed by atoms with E-state index in [1.54, 1.807) is 24.3 Å². The number of H-pyrrole nitrogens is 1. The number of hydrogen-bond acceptors (Lipinski definition) is 6. The van der Waals surface area contributed by atoms with E-state index >= 15 is 0 Å². The quantitative estimate of drug-likeness (QED) is 0.662. The zero-order valence-corrected chi connectivity index (χ0v) is 10.9. The Morgan fingerprint density at radius 3 is 3.05 bits per heavy atom. The molecule has 0 aliphatic rings. The Kier molecular flexibility index (Phi) is 4.75. The van der Waals surface area contributed by atoms with Crippen LogP contribution in [0, 0.1) is 0 Å². The lowest BCUT2D eigenvalue weighted by Crippen LogP contribution is -2.40. The number of carbonyl (C=O) groups is 1. The first-order valence-electron chi connectivity index (χ1n) is 5.99. The van der Waals surface area contributed by atoms with Gasteiger partial charge in [0.1, 0.15) is 0 Å². The number of aromatic nitrogens is 4. The van der Waals surface area contributed by atoms with Crippen LogP contribution in [0.4, 0.5) is 0 Å². The van der Waals surface area contributed by atoms with E-state index in [2.05, 4.69) is 25.9 Å². The summed E-state index contributed by atoms with van der Waals surface area (Å²) in [4.78, 5) is 12.1. The summed E-state index contributed by atoms with van der Waals surface area (Å²) in [5, 5.41) is 25.3. The first-order valence-corrected chi connectivity index (χ1v) is 5.99. The number of aromatic amines is 1. The van der Waals surface area contributed by atoms with E-state index in [9.17, 15) is 4.79 Å². The molecule has 20 heavy (non-hydrogen) atoms. The third-order valence-corrected chi connectivity index (χ3v) is 2.65. The maximum absolute atomic E-state index is 12.1. The van der Waals surface area contributed by atoms with E-state index in [0.29, 0.717) is 17.0 Å². The third kappa shape index (κ3) is 3.37. The van der Waals surface area contributed by atoms with Crippen molar-refractivity contribution >= 4 is 5.91 Å². The molecular weight excluding hydrogens is 262 g/mol. The Hall–Kier alpha value is -2.32. The van der Waals surface area contributed by atoms with Gasteiger partial charge in [0.2, 0.25) is 5.82 Å². The van der Waals surface area contributed by atoms with Crippen LogP contribution in [0.25, 0.3) is 11.4 Å². The van der Waals surface area contributed by atoms with Crippen molar-refractivity contribution in [3.05, 3.63) is 29.8 Å². The molecular formula is C12H15N5O3. The van der Waals surface area contributed by atoms with Gasteiger partial charge < -0.3 is 15.2 Å². The van der Waals surface area contributed by atoms with Gasteiger partial charge in [0.25, 0.3) is 5.91 Å². The lowest BCUT2D eigenvalue weighted by Gasteiger charge is -2.15. The number of tetrazole rings is 1. The Labute approximate surface area is 115 Å². The maximum atomic E-state index is 12.1. The van der Waals surface area contributed by atoms with Gasteiger partial charge in [-0.15, -0.1) is 10.2 Å². The van der Waals surface area contributed by atoms with Gasteiger partial charge in [-0.25, -0.2) is 0 Å². The predicted molar refractivity (Wildman–Crippen MR) is 69.8 cm³/mol. The van der Waals surface area contributed by atoms with E-state index in [1.807, 2.05) is 0 Å². The number of amides is 1. The van der Waals surface area contributed by atoms with Crippen LogP contribution >= 0.6 is 0 Å². The molecule has 0 fully saturated rings. The monoisotopic (exact) mass is 277 g/mol. The highest BCUT2D eigenvalue weighted by atomic mass is 16.5. The van der Waals surface area contributed by atoms with E-state index in [1.165, 1.54) is 7.11 Å². The van der Waals surface area contributed by atoms with Gasteiger partial charge in [0, 0.05) is 18.2 Å². The van der Waals surface area contributed by atoms with Crippen molar-refractivity contribution in [1.82, 2.24) is 25.9 Å². The van der Waals surface area contributed by atoms with E-state index in [4.69, 9.17) is 9.84 Å². The smallest absolute Gasteiger partial charge is 0.251 e. The molecule has 1 unspecified atom stereocenters. The summed E-state index contributed by atoms with van der Waals surface area (Å²) in [7, 11) is 1.51. The minimum Gasteiger partial charge on any atom is -0.394 e. The number of aliphatic hydroxyl groups excluding tert-OH is 1. The SMILES string of the molecule is COCC(CO)NC(=O)c1cccc(-c2nn[nH]n2)c1. The maximum Gasteiger partial charge on any atom is 0.251 e. The molecule has 106 valence electrons. The first kappa shape index (κ1) is 14.1. The van der Waals surface area contributed by atoms with Gasteiger partial charge in [0.15, 0.2) is 0 Å². The summed E-state index contributed by atoms with van der Waals surface area (Å²) >= 11 is 0. The van der Waals surface area contributed by atoms with Crippen LogP contribution in [0.15, 0.2) is 24.3 Å². The molecule has 0 aliphatic carbocycles. The van der Waals surface area contributed by atoms with Gasteiger partial charge in [-0.1, -0.05) is 12.1 Å². The van der Waals surface area contributed by atoms with E-state index < -0.39 is 6.04 Å².